The topological polar surface area (TPSA) is 40.5 Å². The van der Waals surface area contributed by atoms with Crippen LogP contribution < -0.4 is 0 Å². The molecule has 0 saturated carbocycles. The minimum absolute atomic E-state index is 0.00230. The molecule has 2 nitrogen and oxygen atoms in total. The van der Waals surface area contributed by atoms with Gasteiger partial charge in [-0.15, -0.1) is 11.6 Å². The third-order valence-electron chi connectivity index (χ3n) is 3.64. The van der Waals surface area contributed by atoms with Crippen LogP contribution in [0.25, 0.3) is 21.5 Å². The third kappa shape index (κ3) is 2.16. The van der Waals surface area contributed by atoms with Crippen LogP contribution in [0.4, 0.5) is 0 Å². The van der Waals surface area contributed by atoms with Gasteiger partial charge in [-0.2, -0.15) is 0 Å². The Morgan fingerprint density at radius 2 is 1.45 bits per heavy atom. The quantitative estimate of drug-likeness (QED) is 0.570. The van der Waals surface area contributed by atoms with Gasteiger partial charge in [-0.1, -0.05) is 48.5 Å². The molecule has 0 fully saturated rings. The standard InChI is InChI=1S/C17H15ClO2/c18-10-16(19)17(20)15-9-11-5-1-2-6-12(11)13-7-3-4-8-14(13)15/h1-9,16-17,19-20H,10H2. The maximum atomic E-state index is 10.3. The first-order valence-corrected chi connectivity index (χ1v) is 7.08. The van der Waals surface area contributed by atoms with E-state index in [1.54, 1.807) is 0 Å². The number of aliphatic hydroxyl groups is 2. The Kier molecular flexibility index (Phi) is 3.62. The van der Waals surface area contributed by atoms with Crippen LogP contribution >= 0.6 is 11.6 Å². The van der Waals surface area contributed by atoms with Crippen LogP contribution in [0.15, 0.2) is 54.6 Å². The number of hydrogen-bond acceptors (Lipinski definition) is 2. The molecule has 20 heavy (non-hydrogen) atoms. The van der Waals surface area contributed by atoms with E-state index >= 15 is 0 Å². The average molecular weight is 287 g/mol. The fourth-order valence-corrected chi connectivity index (χ4v) is 2.79. The summed E-state index contributed by atoms with van der Waals surface area (Å²) >= 11 is 5.66. The van der Waals surface area contributed by atoms with Gasteiger partial charge in [0.2, 0.25) is 0 Å². The van der Waals surface area contributed by atoms with Crippen molar-refractivity contribution < 1.29 is 10.2 Å². The lowest BCUT2D eigenvalue weighted by molar-refractivity contribution is 0.0337. The predicted molar refractivity (Wildman–Crippen MR) is 83.1 cm³/mol. The van der Waals surface area contributed by atoms with E-state index in [2.05, 4.69) is 6.07 Å². The summed E-state index contributed by atoms with van der Waals surface area (Å²) in [6.45, 7) is 0. The summed E-state index contributed by atoms with van der Waals surface area (Å²) in [5, 5.41) is 24.3. The van der Waals surface area contributed by atoms with E-state index in [0.717, 1.165) is 21.5 Å². The van der Waals surface area contributed by atoms with Crippen LogP contribution in [-0.4, -0.2) is 22.2 Å². The molecule has 3 aromatic carbocycles. The maximum absolute atomic E-state index is 10.3. The molecule has 0 aromatic heterocycles. The Bertz CT molecular complexity index is 754. The number of hydrogen-bond donors (Lipinski definition) is 2. The van der Waals surface area contributed by atoms with Crippen molar-refractivity contribution in [1.82, 2.24) is 0 Å². The molecule has 3 heteroatoms. The highest BCUT2D eigenvalue weighted by atomic mass is 35.5. The van der Waals surface area contributed by atoms with Gasteiger partial charge in [-0.05, 0) is 33.2 Å². The van der Waals surface area contributed by atoms with Gasteiger partial charge in [0.15, 0.2) is 0 Å². The Morgan fingerprint density at radius 1 is 0.850 bits per heavy atom. The Labute approximate surface area is 122 Å². The average Bonchev–Trinajstić information content (AvgIpc) is 2.52. The van der Waals surface area contributed by atoms with E-state index in [0.29, 0.717) is 5.56 Å². The van der Waals surface area contributed by atoms with Crippen molar-refractivity contribution in [3.63, 3.8) is 0 Å². The first kappa shape index (κ1) is 13.4. The van der Waals surface area contributed by atoms with Crippen molar-refractivity contribution in [2.45, 2.75) is 12.2 Å². The molecule has 2 unspecified atom stereocenters. The van der Waals surface area contributed by atoms with E-state index < -0.39 is 12.2 Å². The van der Waals surface area contributed by atoms with Gasteiger partial charge in [-0.3, -0.25) is 0 Å². The van der Waals surface area contributed by atoms with Gasteiger partial charge in [0.1, 0.15) is 6.10 Å². The van der Waals surface area contributed by atoms with Crippen molar-refractivity contribution in [1.29, 1.82) is 0 Å². The number of alkyl halides is 1. The monoisotopic (exact) mass is 286 g/mol. The number of aliphatic hydroxyl groups excluding tert-OH is 2. The highest BCUT2D eigenvalue weighted by Crippen LogP contribution is 2.33. The first-order chi connectivity index (χ1) is 9.72. The van der Waals surface area contributed by atoms with Gasteiger partial charge in [0.05, 0.1) is 12.0 Å². The summed E-state index contributed by atoms with van der Waals surface area (Å²) in [6, 6.07) is 17.9. The summed E-state index contributed by atoms with van der Waals surface area (Å²) in [7, 11) is 0. The molecule has 2 atom stereocenters. The van der Waals surface area contributed by atoms with Gasteiger partial charge >= 0.3 is 0 Å². The molecule has 0 spiro atoms. The summed E-state index contributed by atoms with van der Waals surface area (Å²) in [5.41, 5.74) is 0.715. The molecule has 0 bridgehead atoms. The van der Waals surface area contributed by atoms with Crippen LogP contribution in [-0.2, 0) is 0 Å². The summed E-state index contributed by atoms with van der Waals surface area (Å²) in [4.78, 5) is 0. The van der Waals surface area contributed by atoms with Crippen LogP contribution in [0, 0.1) is 0 Å². The Hall–Kier alpha value is -1.61. The largest absolute Gasteiger partial charge is 0.389 e. The summed E-state index contributed by atoms with van der Waals surface area (Å²) in [6.07, 6.45) is -1.96. The lowest BCUT2D eigenvalue weighted by Gasteiger charge is -2.19. The highest BCUT2D eigenvalue weighted by Gasteiger charge is 2.20. The van der Waals surface area contributed by atoms with Crippen LogP contribution in [0.3, 0.4) is 0 Å². The van der Waals surface area contributed by atoms with E-state index in [1.807, 2.05) is 48.5 Å². The molecular weight excluding hydrogens is 272 g/mol. The van der Waals surface area contributed by atoms with Crippen molar-refractivity contribution in [2.24, 2.45) is 0 Å². The number of benzene rings is 3. The lowest BCUT2D eigenvalue weighted by Crippen LogP contribution is -2.19. The fraction of sp³-hybridized carbons (Fsp3) is 0.176. The second-order valence-electron chi connectivity index (χ2n) is 4.90. The van der Waals surface area contributed by atoms with E-state index in [9.17, 15) is 10.2 Å². The lowest BCUT2D eigenvalue weighted by atomic mass is 9.93. The Balaban J connectivity index is 2.34. The van der Waals surface area contributed by atoms with E-state index in [-0.39, 0.29) is 5.88 Å². The molecule has 0 aliphatic heterocycles. The maximum Gasteiger partial charge on any atom is 0.107 e. The Morgan fingerprint density at radius 3 is 2.15 bits per heavy atom. The zero-order valence-electron chi connectivity index (χ0n) is 10.8. The van der Waals surface area contributed by atoms with Gasteiger partial charge < -0.3 is 10.2 Å². The van der Waals surface area contributed by atoms with E-state index in [4.69, 9.17) is 11.6 Å². The number of fused-ring (bicyclic) bond motifs is 3. The molecule has 2 N–H and O–H groups in total. The third-order valence-corrected chi connectivity index (χ3v) is 3.96. The molecule has 0 aliphatic carbocycles. The molecular formula is C17H15ClO2. The zero-order chi connectivity index (χ0) is 14.1. The SMILES string of the molecule is OC(CCl)C(O)c1cc2ccccc2c2ccccc12. The first-order valence-electron chi connectivity index (χ1n) is 6.55. The van der Waals surface area contributed by atoms with E-state index in [1.165, 1.54) is 0 Å². The molecule has 0 saturated heterocycles. The molecule has 102 valence electrons. The molecule has 3 aromatic rings. The van der Waals surface area contributed by atoms with Crippen LogP contribution in [0.1, 0.15) is 11.7 Å². The highest BCUT2D eigenvalue weighted by molar-refractivity contribution is 6.18. The number of halogens is 1. The van der Waals surface area contributed by atoms with Crippen molar-refractivity contribution in [3.05, 3.63) is 60.2 Å². The smallest absolute Gasteiger partial charge is 0.107 e. The minimum atomic E-state index is -0.984. The zero-order valence-corrected chi connectivity index (χ0v) is 11.6. The molecule has 0 heterocycles. The summed E-state index contributed by atoms with van der Waals surface area (Å²) in [5.74, 6) is 0.00230. The molecule has 0 aliphatic rings. The predicted octanol–water partition coefficient (Wildman–Crippen LogP) is 3.63. The molecule has 3 rings (SSSR count). The van der Waals surface area contributed by atoms with Crippen molar-refractivity contribution in [3.8, 4) is 0 Å². The van der Waals surface area contributed by atoms with Crippen LogP contribution in [0.2, 0.25) is 0 Å². The van der Waals surface area contributed by atoms with Crippen LogP contribution in [0.5, 0.6) is 0 Å². The second kappa shape index (κ2) is 5.41. The van der Waals surface area contributed by atoms with Gasteiger partial charge in [0, 0.05) is 0 Å². The normalized spacial score (nSPS) is 14.6. The van der Waals surface area contributed by atoms with Gasteiger partial charge in [0.25, 0.3) is 0 Å². The minimum Gasteiger partial charge on any atom is -0.389 e. The second-order valence-corrected chi connectivity index (χ2v) is 5.21. The summed E-state index contributed by atoms with van der Waals surface area (Å²) < 4.78 is 0. The van der Waals surface area contributed by atoms with Crippen molar-refractivity contribution >= 4 is 33.1 Å². The number of rotatable bonds is 3. The molecule has 0 amide bonds. The van der Waals surface area contributed by atoms with Crippen molar-refractivity contribution in [2.75, 3.05) is 5.88 Å². The fourth-order valence-electron chi connectivity index (χ4n) is 2.62. The molecule has 0 radical (unpaired) electrons. The van der Waals surface area contributed by atoms with Gasteiger partial charge in [-0.25, -0.2) is 0 Å².